The molecule has 1 aliphatic heterocycles. The van der Waals surface area contributed by atoms with Gasteiger partial charge in [-0.25, -0.2) is 4.99 Å². The zero-order valence-corrected chi connectivity index (χ0v) is 13.8. The second-order valence-corrected chi connectivity index (χ2v) is 5.09. The van der Waals surface area contributed by atoms with E-state index in [0.29, 0.717) is 0 Å². The van der Waals surface area contributed by atoms with Gasteiger partial charge in [0.25, 0.3) is 0 Å². The molecule has 5 nitrogen and oxygen atoms in total. The van der Waals surface area contributed by atoms with E-state index in [0.717, 1.165) is 11.1 Å². The number of ether oxygens (including phenoxy) is 2. The van der Waals surface area contributed by atoms with E-state index in [9.17, 15) is 0 Å². The van der Waals surface area contributed by atoms with Gasteiger partial charge in [0.05, 0.1) is 0 Å². The highest BCUT2D eigenvalue weighted by Crippen LogP contribution is 2.47. The minimum Gasteiger partial charge on any atom is -0.370 e. The molecule has 1 heterocycles. The second-order valence-electron chi connectivity index (χ2n) is 5.09. The molecule has 2 unspecified atom stereocenters. The van der Waals surface area contributed by atoms with Gasteiger partial charge in [-0.15, -0.1) is 12.4 Å². The summed E-state index contributed by atoms with van der Waals surface area (Å²) in [6.07, 6.45) is 0. The lowest BCUT2D eigenvalue weighted by Gasteiger charge is -2.41. The van der Waals surface area contributed by atoms with E-state index in [1.165, 1.54) is 0 Å². The van der Waals surface area contributed by atoms with Crippen LogP contribution >= 0.6 is 12.4 Å². The Hall–Kier alpha value is -2.08. The van der Waals surface area contributed by atoms with Crippen LogP contribution in [0.3, 0.4) is 0 Å². The molecule has 0 aromatic heterocycles. The van der Waals surface area contributed by atoms with Crippen molar-refractivity contribution in [1.29, 1.82) is 0 Å². The number of benzene rings is 2. The van der Waals surface area contributed by atoms with E-state index in [4.69, 9.17) is 15.2 Å². The van der Waals surface area contributed by atoms with E-state index in [1.54, 1.807) is 14.2 Å². The highest BCUT2D eigenvalue weighted by atomic mass is 35.5. The van der Waals surface area contributed by atoms with Crippen LogP contribution in [0, 0.1) is 0 Å². The van der Waals surface area contributed by atoms with E-state index < -0.39 is 11.4 Å². The lowest BCUT2D eigenvalue weighted by Crippen LogP contribution is -2.56. The first-order chi connectivity index (χ1) is 10.7. The summed E-state index contributed by atoms with van der Waals surface area (Å²) in [4.78, 5) is 4.55. The van der Waals surface area contributed by atoms with Crippen molar-refractivity contribution in [2.24, 2.45) is 10.7 Å². The van der Waals surface area contributed by atoms with E-state index in [1.807, 2.05) is 60.7 Å². The predicted octanol–water partition coefficient (Wildman–Crippen LogP) is 2.32. The van der Waals surface area contributed by atoms with Gasteiger partial charge in [0, 0.05) is 25.3 Å². The minimum atomic E-state index is -1.10. The average Bonchev–Trinajstić information content (AvgIpc) is 2.90. The van der Waals surface area contributed by atoms with Gasteiger partial charge in [0.15, 0.2) is 5.96 Å². The predicted molar refractivity (Wildman–Crippen MR) is 92.3 cm³/mol. The third-order valence-corrected chi connectivity index (χ3v) is 4.01. The number of methoxy groups -OCH3 is 2. The van der Waals surface area contributed by atoms with Gasteiger partial charge in [0.2, 0.25) is 11.4 Å². The summed E-state index contributed by atoms with van der Waals surface area (Å²) >= 11 is 0. The quantitative estimate of drug-likeness (QED) is 0.901. The molecule has 0 fully saturated rings. The Labute approximate surface area is 141 Å². The van der Waals surface area contributed by atoms with Gasteiger partial charge >= 0.3 is 0 Å². The average molecular weight is 334 g/mol. The van der Waals surface area contributed by atoms with Gasteiger partial charge in [-0.05, 0) is 0 Å². The Morgan fingerprint density at radius 1 is 0.870 bits per heavy atom. The number of hydrogen-bond acceptors (Lipinski definition) is 5. The minimum absolute atomic E-state index is 0. The van der Waals surface area contributed by atoms with Gasteiger partial charge < -0.3 is 20.5 Å². The topological polar surface area (TPSA) is 68.9 Å². The van der Waals surface area contributed by atoms with Crippen molar-refractivity contribution < 1.29 is 9.47 Å². The van der Waals surface area contributed by atoms with Gasteiger partial charge in [-0.3, -0.25) is 0 Å². The molecule has 0 aliphatic carbocycles. The third kappa shape index (κ3) is 2.47. The van der Waals surface area contributed by atoms with Crippen LogP contribution in [-0.2, 0) is 20.9 Å². The summed E-state index contributed by atoms with van der Waals surface area (Å²) in [6, 6.07) is 19.5. The fourth-order valence-corrected chi connectivity index (χ4v) is 3.03. The Morgan fingerprint density at radius 2 is 1.39 bits per heavy atom. The normalized spacial score (nSPS) is 26.1. The molecule has 3 N–H and O–H groups in total. The largest absolute Gasteiger partial charge is 0.370 e. The number of rotatable bonds is 4. The monoisotopic (exact) mass is 333 g/mol. The first-order valence-electron chi connectivity index (χ1n) is 7.03. The Balaban J connectivity index is 0.00000192. The molecule has 0 spiro atoms. The third-order valence-electron chi connectivity index (χ3n) is 4.01. The molecular formula is C17H20ClN3O2. The van der Waals surface area contributed by atoms with Gasteiger partial charge in [-0.1, -0.05) is 60.7 Å². The van der Waals surface area contributed by atoms with Crippen LogP contribution in [0.2, 0.25) is 0 Å². The maximum atomic E-state index is 5.99. The zero-order valence-electron chi connectivity index (χ0n) is 13.0. The summed E-state index contributed by atoms with van der Waals surface area (Å²) in [5.41, 5.74) is 5.59. The summed E-state index contributed by atoms with van der Waals surface area (Å²) in [6.45, 7) is 0. The number of aliphatic imine (C=N–C) groups is 1. The van der Waals surface area contributed by atoms with Crippen molar-refractivity contribution in [3.63, 3.8) is 0 Å². The molecule has 6 heteroatoms. The molecular weight excluding hydrogens is 314 g/mol. The number of nitrogens with zero attached hydrogens (tertiary/aromatic N) is 1. The first-order valence-corrected chi connectivity index (χ1v) is 7.03. The standard InChI is InChI=1S/C17H19N3O2.ClH/c1-21-16(13-9-5-3-6-10-13)17(22-2,20-15(18)19-16)14-11-7-4-8-12-14;/h3-12H,1-2H3,(H3,18,19,20);1H. The smallest absolute Gasteiger partial charge is 0.241 e. The summed E-state index contributed by atoms with van der Waals surface area (Å²) in [5.74, 6) is 0.274. The SMILES string of the molecule is COC1(c2ccccc2)N=C(N)NC1(OC)c1ccccc1.Cl. The van der Waals surface area contributed by atoms with Crippen molar-refractivity contribution >= 4 is 18.4 Å². The van der Waals surface area contributed by atoms with Crippen molar-refractivity contribution in [1.82, 2.24) is 5.32 Å². The van der Waals surface area contributed by atoms with Crippen molar-refractivity contribution in [2.45, 2.75) is 11.4 Å². The van der Waals surface area contributed by atoms with Crippen LogP contribution in [0.1, 0.15) is 11.1 Å². The highest BCUT2D eigenvalue weighted by Gasteiger charge is 2.60. The van der Waals surface area contributed by atoms with Crippen molar-refractivity contribution in [3.05, 3.63) is 71.8 Å². The van der Waals surface area contributed by atoms with E-state index in [2.05, 4.69) is 10.3 Å². The van der Waals surface area contributed by atoms with E-state index >= 15 is 0 Å². The van der Waals surface area contributed by atoms with Crippen LogP contribution in [0.25, 0.3) is 0 Å². The number of nitrogens with two attached hydrogens (primary N) is 1. The summed E-state index contributed by atoms with van der Waals surface area (Å²) in [5, 5.41) is 3.15. The molecule has 0 saturated heterocycles. The van der Waals surface area contributed by atoms with Crippen molar-refractivity contribution in [2.75, 3.05) is 14.2 Å². The molecule has 2 atom stereocenters. The van der Waals surface area contributed by atoms with Crippen LogP contribution in [-0.4, -0.2) is 20.2 Å². The second kappa shape index (κ2) is 6.58. The summed E-state index contributed by atoms with van der Waals surface area (Å²) in [7, 11) is 3.22. The lowest BCUT2D eigenvalue weighted by atomic mass is 9.86. The van der Waals surface area contributed by atoms with E-state index in [-0.39, 0.29) is 18.4 Å². The molecule has 1 aliphatic rings. The highest BCUT2D eigenvalue weighted by molar-refractivity contribution is 5.85. The molecule has 0 saturated carbocycles. The fourth-order valence-electron chi connectivity index (χ4n) is 3.03. The molecule has 2 aromatic carbocycles. The maximum absolute atomic E-state index is 5.99. The van der Waals surface area contributed by atoms with Crippen LogP contribution in [0.4, 0.5) is 0 Å². The molecule has 0 bridgehead atoms. The first kappa shape index (κ1) is 17.3. The molecule has 23 heavy (non-hydrogen) atoms. The zero-order chi connectivity index (χ0) is 15.6. The molecule has 2 aromatic rings. The summed E-state index contributed by atoms with van der Waals surface area (Å²) < 4.78 is 11.7. The molecule has 0 radical (unpaired) electrons. The molecule has 0 amide bonds. The lowest BCUT2D eigenvalue weighted by molar-refractivity contribution is -0.194. The Kier molecular flexibility index (Phi) is 4.94. The van der Waals surface area contributed by atoms with Crippen molar-refractivity contribution in [3.8, 4) is 0 Å². The Bertz CT molecular complexity index is 681. The number of halogens is 1. The maximum Gasteiger partial charge on any atom is 0.241 e. The number of guanidine groups is 1. The molecule has 122 valence electrons. The number of nitrogens with one attached hydrogen (secondary N) is 1. The fraction of sp³-hybridized carbons (Fsp3) is 0.235. The van der Waals surface area contributed by atoms with Crippen LogP contribution in [0.5, 0.6) is 0 Å². The number of hydrogen-bond donors (Lipinski definition) is 2. The molecule has 3 rings (SSSR count). The Morgan fingerprint density at radius 3 is 1.87 bits per heavy atom. The van der Waals surface area contributed by atoms with Crippen LogP contribution in [0.15, 0.2) is 65.7 Å². The van der Waals surface area contributed by atoms with Gasteiger partial charge in [0.1, 0.15) is 0 Å². The van der Waals surface area contributed by atoms with Crippen LogP contribution < -0.4 is 11.1 Å². The van der Waals surface area contributed by atoms with Gasteiger partial charge in [-0.2, -0.15) is 0 Å².